The lowest BCUT2D eigenvalue weighted by Crippen LogP contribution is -2.33. The van der Waals surface area contributed by atoms with Crippen LogP contribution in [0.5, 0.6) is 0 Å². The molecule has 0 heteroatoms. The Morgan fingerprint density at radius 2 is 1.57 bits per heavy atom. The minimum Gasteiger partial charge on any atom is -0.0625 e. The molecule has 4 unspecified atom stereocenters. The molecule has 0 bridgehead atoms. The summed E-state index contributed by atoms with van der Waals surface area (Å²) in [5, 5.41) is 0. The van der Waals surface area contributed by atoms with Gasteiger partial charge in [0.05, 0.1) is 0 Å². The average molecular weight is 194 g/mol. The topological polar surface area (TPSA) is 0 Å². The molecule has 0 aromatic rings. The predicted molar refractivity (Wildman–Crippen MR) is 62.0 cm³/mol. The highest BCUT2D eigenvalue weighted by Crippen LogP contribution is 2.70. The Balaban J connectivity index is 2.25. The van der Waals surface area contributed by atoms with Gasteiger partial charge in [0, 0.05) is 0 Å². The lowest BCUT2D eigenvalue weighted by Gasteiger charge is -2.39. The fraction of sp³-hybridized carbons (Fsp3) is 1.00. The van der Waals surface area contributed by atoms with Gasteiger partial charge in [0.2, 0.25) is 0 Å². The van der Waals surface area contributed by atoms with Crippen molar-refractivity contribution in [1.82, 2.24) is 0 Å². The molecule has 14 heavy (non-hydrogen) atoms. The third-order valence-corrected chi connectivity index (χ3v) is 5.05. The molecular formula is C14H26. The third kappa shape index (κ3) is 1.26. The lowest BCUT2D eigenvalue weighted by molar-refractivity contribution is 0.0927. The summed E-state index contributed by atoms with van der Waals surface area (Å²) in [7, 11) is 0. The van der Waals surface area contributed by atoms with E-state index in [1.807, 2.05) is 0 Å². The van der Waals surface area contributed by atoms with Crippen molar-refractivity contribution >= 4 is 0 Å². The van der Waals surface area contributed by atoms with Gasteiger partial charge < -0.3 is 0 Å². The molecule has 0 nitrogen and oxygen atoms in total. The number of hydrogen-bond donors (Lipinski definition) is 0. The van der Waals surface area contributed by atoms with Crippen LogP contribution in [0.25, 0.3) is 0 Å². The summed E-state index contributed by atoms with van der Waals surface area (Å²) < 4.78 is 0. The van der Waals surface area contributed by atoms with Crippen LogP contribution in [0.15, 0.2) is 0 Å². The van der Waals surface area contributed by atoms with E-state index >= 15 is 0 Å². The molecule has 0 aromatic heterocycles. The molecule has 0 heterocycles. The van der Waals surface area contributed by atoms with Gasteiger partial charge in [-0.2, -0.15) is 0 Å². The second-order valence-electron chi connectivity index (χ2n) is 6.92. The van der Waals surface area contributed by atoms with E-state index in [4.69, 9.17) is 0 Å². The van der Waals surface area contributed by atoms with E-state index in [0.717, 1.165) is 35.5 Å². The maximum absolute atomic E-state index is 2.52. The molecule has 4 atom stereocenters. The van der Waals surface area contributed by atoms with Crippen molar-refractivity contribution in [2.75, 3.05) is 0 Å². The van der Waals surface area contributed by atoms with Crippen molar-refractivity contribution in [1.29, 1.82) is 0 Å². The number of hydrogen-bond acceptors (Lipinski definition) is 0. The first-order chi connectivity index (χ1) is 6.37. The summed E-state index contributed by atoms with van der Waals surface area (Å²) >= 11 is 0. The van der Waals surface area contributed by atoms with E-state index in [1.165, 1.54) is 6.42 Å². The van der Waals surface area contributed by atoms with Crippen LogP contribution in [0, 0.1) is 40.9 Å². The summed E-state index contributed by atoms with van der Waals surface area (Å²) in [4.78, 5) is 0. The van der Waals surface area contributed by atoms with Gasteiger partial charge in [-0.05, 0) is 47.3 Å². The predicted octanol–water partition coefficient (Wildman–Crippen LogP) is 4.21. The van der Waals surface area contributed by atoms with E-state index in [0.29, 0.717) is 5.41 Å². The molecular weight excluding hydrogens is 168 g/mol. The Bertz CT molecular complexity index is 224. The van der Waals surface area contributed by atoms with Crippen LogP contribution < -0.4 is 0 Å². The molecule has 0 aromatic carbocycles. The van der Waals surface area contributed by atoms with Gasteiger partial charge in [-0.1, -0.05) is 41.5 Å². The van der Waals surface area contributed by atoms with Crippen molar-refractivity contribution in [3.8, 4) is 0 Å². The Kier molecular flexibility index (Phi) is 2.25. The Morgan fingerprint density at radius 1 is 1.00 bits per heavy atom. The Morgan fingerprint density at radius 3 is 1.93 bits per heavy atom. The van der Waals surface area contributed by atoms with Crippen molar-refractivity contribution in [3.05, 3.63) is 0 Å². The molecule has 82 valence electrons. The first-order valence-corrected chi connectivity index (χ1v) is 6.37. The zero-order valence-electron chi connectivity index (χ0n) is 10.7. The molecule has 0 amide bonds. The van der Waals surface area contributed by atoms with Crippen LogP contribution in [0.3, 0.4) is 0 Å². The largest absolute Gasteiger partial charge is 0.0625 e. The van der Waals surface area contributed by atoms with Crippen LogP contribution in [0.4, 0.5) is 0 Å². The molecule has 0 saturated heterocycles. The van der Waals surface area contributed by atoms with Crippen LogP contribution >= 0.6 is 0 Å². The maximum Gasteiger partial charge on any atom is -0.0289 e. The van der Waals surface area contributed by atoms with Crippen molar-refractivity contribution < 1.29 is 0 Å². The Hall–Kier alpha value is 0. The monoisotopic (exact) mass is 194 g/mol. The zero-order valence-corrected chi connectivity index (χ0v) is 10.7. The molecule has 2 saturated carbocycles. The molecule has 0 aliphatic heterocycles. The lowest BCUT2D eigenvalue weighted by atomic mass is 9.66. The highest BCUT2D eigenvalue weighted by Gasteiger charge is 2.64. The van der Waals surface area contributed by atoms with Crippen LogP contribution in [0.2, 0.25) is 0 Å². The van der Waals surface area contributed by atoms with E-state index in [1.54, 1.807) is 0 Å². The molecule has 0 radical (unpaired) electrons. The van der Waals surface area contributed by atoms with Gasteiger partial charge in [-0.15, -0.1) is 0 Å². The second-order valence-corrected chi connectivity index (χ2v) is 6.92. The first-order valence-electron chi connectivity index (χ1n) is 6.37. The molecule has 0 spiro atoms. The quantitative estimate of drug-likeness (QED) is 0.618. The number of rotatable bonds is 2. The number of fused-ring (bicyclic) bond motifs is 1. The van der Waals surface area contributed by atoms with Gasteiger partial charge in [-0.25, -0.2) is 0 Å². The van der Waals surface area contributed by atoms with Gasteiger partial charge in [0.25, 0.3) is 0 Å². The summed E-state index contributed by atoms with van der Waals surface area (Å²) in [6.45, 7) is 14.7. The Labute approximate surface area is 89.5 Å². The summed E-state index contributed by atoms with van der Waals surface area (Å²) in [6, 6.07) is 0. The van der Waals surface area contributed by atoms with Crippen molar-refractivity contribution in [3.63, 3.8) is 0 Å². The maximum atomic E-state index is 2.52. The minimum absolute atomic E-state index is 0.619. The van der Waals surface area contributed by atoms with Crippen molar-refractivity contribution in [2.45, 2.75) is 48.0 Å². The minimum atomic E-state index is 0.619. The molecule has 2 rings (SSSR count). The van der Waals surface area contributed by atoms with Crippen molar-refractivity contribution in [2.24, 2.45) is 40.9 Å². The van der Waals surface area contributed by atoms with E-state index in [-0.39, 0.29) is 0 Å². The second kappa shape index (κ2) is 3.00. The summed E-state index contributed by atoms with van der Waals surface area (Å²) in [6.07, 6.45) is 1.53. The fourth-order valence-electron chi connectivity index (χ4n) is 4.72. The molecule has 2 aliphatic rings. The highest BCUT2D eigenvalue weighted by molar-refractivity contribution is 5.12. The highest BCUT2D eigenvalue weighted by atomic mass is 14.7. The van der Waals surface area contributed by atoms with E-state index < -0.39 is 0 Å². The van der Waals surface area contributed by atoms with Crippen LogP contribution in [-0.4, -0.2) is 0 Å². The first kappa shape index (κ1) is 10.5. The standard InChI is InChI=1S/C14H26/c1-8(2)12-10-7-11(10)14(5,6)13(12)9(3)4/h8-13H,7H2,1-6H3. The zero-order chi connectivity index (χ0) is 10.7. The van der Waals surface area contributed by atoms with Gasteiger partial charge >= 0.3 is 0 Å². The summed E-state index contributed by atoms with van der Waals surface area (Å²) in [5.41, 5.74) is 0.619. The van der Waals surface area contributed by atoms with E-state index in [9.17, 15) is 0 Å². The van der Waals surface area contributed by atoms with E-state index in [2.05, 4.69) is 41.5 Å². The average Bonchev–Trinajstić information content (AvgIpc) is 2.72. The molecule has 2 fully saturated rings. The smallest absolute Gasteiger partial charge is 0.0289 e. The molecule has 2 aliphatic carbocycles. The normalized spacial score (nSPS) is 44.6. The van der Waals surface area contributed by atoms with Gasteiger partial charge in [0.1, 0.15) is 0 Å². The van der Waals surface area contributed by atoms with Gasteiger partial charge in [-0.3, -0.25) is 0 Å². The van der Waals surface area contributed by atoms with Crippen LogP contribution in [-0.2, 0) is 0 Å². The third-order valence-electron chi connectivity index (χ3n) is 5.05. The SMILES string of the molecule is CC(C)C1C2CC2C(C)(C)C1C(C)C. The van der Waals surface area contributed by atoms with Crippen LogP contribution in [0.1, 0.15) is 48.0 Å². The fourth-order valence-corrected chi connectivity index (χ4v) is 4.72. The molecule has 0 N–H and O–H groups in total. The summed E-state index contributed by atoms with van der Waals surface area (Å²) in [5.74, 6) is 5.87. The van der Waals surface area contributed by atoms with Gasteiger partial charge in [0.15, 0.2) is 0 Å².